The molecule has 0 aliphatic heterocycles. The van der Waals surface area contributed by atoms with E-state index < -0.39 is 27.1 Å². The van der Waals surface area contributed by atoms with Gasteiger partial charge in [0.25, 0.3) is 5.91 Å². The Kier molecular flexibility index (Phi) is 6.05. The number of aryl methyl sites for hydroxylation is 1. The molecule has 2 N–H and O–H groups in total. The van der Waals surface area contributed by atoms with Crippen molar-refractivity contribution in [1.29, 1.82) is 5.26 Å². The number of rotatable bonds is 5. The number of carbonyl (C=O) groups is 1. The van der Waals surface area contributed by atoms with Crippen molar-refractivity contribution in [1.82, 2.24) is 15.1 Å². The fourth-order valence-corrected chi connectivity index (χ4v) is 3.56. The van der Waals surface area contributed by atoms with Crippen LogP contribution in [0.3, 0.4) is 0 Å². The number of nitriles is 1. The molecule has 158 valence electrons. The van der Waals surface area contributed by atoms with Gasteiger partial charge in [-0.05, 0) is 13.0 Å². The highest BCUT2D eigenvalue weighted by atomic mass is 35.5. The van der Waals surface area contributed by atoms with Gasteiger partial charge in [0.15, 0.2) is 21.2 Å². The average molecular weight is 460 g/mol. The van der Waals surface area contributed by atoms with Gasteiger partial charge >= 0.3 is 0 Å². The molecule has 3 aromatic rings. The van der Waals surface area contributed by atoms with Crippen molar-refractivity contribution in [3.05, 3.63) is 58.6 Å². The molecule has 0 saturated heterocycles. The highest BCUT2D eigenvalue weighted by Crippen LogP contribution is 2.31. The molecule has 0 spiro atoms. The zero-order valence-corrected chi connectivity index (χ0v) is 17.7. The van der Waals surface area contributed by atoms with Crippen molar-refractivity contribution in [2.24, 2.45) is 0 Å². The predicted molar refractivity (Wildman–Crippen MR) is 111 cm³/mol. The number of benzene rings is 1. The summed E-state index contributed by atoms with van der Waals surface area (Å²) in [6, 6.07) is 8.02. The van der Waals surface area contributed by atoms with E-state index in [4.69, 9.17) is 16.1 Å². The Morgan fingerprint density at radius 2 is 2.00 bits per heavy atom. The molecule has 10 nitrogen and oxygen atoms in total. The summed E-state index contributed by atoms with van der Waals surface area (Å²) in [5.74, 6) is -1.75. The summed E-state index contributed by atoms with van der Waals surface area (Å²) in [4.78, 5) is 20.3. The first-order valence-electron chi connectivity index (χ1n) is 8.51. The smallest absolute Gasteiger partial charge is 0.272 e. The molecule has 0 fully saturated rings. The van der Waals surface area contributed by atoms with Gasteiger partial charge in [-0.2, -0.15) is 5.26 Å². The van der Waals surface area contributed by atoms with Crippen LogP contribution in [0, 0.1) is 18.3 Å². The maximum absolute atomic E-state index is 12.6. The van der Waals surface area contributed by atoms with Crippen LogP contribution in [0.15, 0.2) is 51.7 Å². The average Bonchev–Trinajstić information content (AvgIpc) is 3.14. The minimum absolute atomic E-state index is 0.0278. The first-order valence-corrected chi connectivity index (χ1v) is 10.8. The zero-order valence-electron chi connectivity index (χ0n) is 16.1. The molecule has 0 aliphatic rings. The lowest BCUT2D eigenvalue weighted by Gasteiger charge is -2.11. The summed E-state index contributed by atoms with van der Waals surface area (Å²) in [6.07, 6.45) is 3.17. The molecule has 2 aromatic heterocycles. The van der Waals surface area contributed by atoms with Gasteiger partial charge < -0.3 is 9.63 Å². The van der Waals surface area contributed by atoms with Crippen LogP contribution in [0.1, 0.15) is 11.3 Å². The van der Waals surface area contributed by atoms with Crippen molar-refractivity contribution in [3.8, 4) is 17.3 Å². The monoisotopic (exact) mass is 459 g/mol. The molecule has 0 aliphatic carbocycles. The van der Waals surface area contributed by atoms with Crippen molar-refractivity contribution in [2.75, 3.05) is 11.6 Å². The summed E-state index contributed by atoms with van der Waals surface area (Å²) in [5.41, 5.74) is -0.292. The SMILES string of the molecule is Cc1oncc1/C(O)=C(\C#N)C(=O)Nc1ncc(S(C)(=O)=O)c(-c2ccccc2Cl)n1. The highest BCUT2D eigenvalue weighted by Gasteiger charge is 2.23. The van der Waals surface area contributed by atoms with Crippen molar-refractivity contribution in [2.45, 2.75) is 11.8 Å². The number of halogens is 1. The molecule has 0 bridgehead atoms. The molecule has 3 rings (SSSR count). The second kappa shape index (κ2) is 8.55. The topological polar surface area (TPSA) is 159 Å². The van der Waals surface area contributed by atoms with E-state index in [1.165, 1.54) is 6.92 Å². The Hall–Kier alpha value is -3.75. The van der Waals surface area contributed by atoms with Crippen molar-refractivity contribution >= 4 is 39.1 Å². The quantitative estimate of drug-likeness (QED) is 0.332. The second-order valence-electron chi connectivity index (χ2n) is 6.24. The van der Waals surface area contributed by atoms with Crippen LogP contribution in [0.25, 0.3) is 17.0 Å². The Morgan fingerprint density at radius 3 is 2.58 bits per heavy atom. The Bertz CT molecular complexity index is 1360. The Morgan fingerprint density at radius 1 is 1.29 bits per heavy atom. The van der Waals surface area contributed by atoms with Crippen LogP contribution in [0.5, 0.6) is 0 Å². The molecular formula is C19H14ClN5O5S. The molecule has 1 aromatic carbocycles. The van der Waals surface area contributed by atoms with E-state index in [2.05, 4.69) is 20.4 Å². The Labute approximate surface area is 181 Å². The van der Waals surface area contributed by atoms with E-state index in [9.17, 15) is 23.6 Å². The first-order chi connectivity index (χ1) is 14.6. The van der Waals surface area contributed by atoms with Gasteiger partial charge in [-0.1, -0.05) is 35.0 Å². The van der Waals surface area contributed by atoms with E-state index in [1.807, 2.05) is 0 Å². The zero-order chi connectivity index (χ0) is 22.8. The van der Waals surface area contributed by atoms with E-state index in [1.54, 1.807) is 30.3 Å². The molecule has 12 heteroatoms. The van der Waals surface area contributed by atoms with Gasteiger partial charge in [0.1, 0.15) is 16.7 Å². The molecule has 0 saturated carbocycles. The van der Waals surface area contributed by atoms with E-state index in [0.29, 0.717) is 5.56 Å². The maximum Gasteiger partial charge on any atom is 0.272 e. The second-order valence-corrected chi connectivity index (χ2v) is 8.64. The highest BCUT2D eigenvalue weighted by molar-refractivity contribution is 7.90. The summed E-state index contributed by atoms with van der Waals surface area (Å²) >= 11 is 6.18. The van der Waals surface area contributed by atoms with Gasteiger partial charge in [-0.3, -0.25) is 10.1 Å². The molecule has 0 radical (unpaired) electrons. The Balaban J connectivity index is 2.06. The maximum atomic E-state index is 12.6. The van der Waals surface area contributed by atoms with Crippen molar-refractivity contribution < 1.29 is 22.8 Å². The number of sulfone groups is 1. The molecule has 0 atom stereocenters. The van der Waals surface area contributed by atoms with Gasteiger partial charge in [-0.15, -0.1) is 0 Å². The lowest BCUT2D eigenvalue weighted by atomic mass is 10.1. The molecule has 0 unspecified atom stereocenters. The van der Waals surface area contributed by atoms with E-state index in [-0.39, 0.29) is 32.9 Å². The van der Waals surface area contributed by atoms with Crippen LogP contribution in [0.2, 0.25) is 5.02 Å². The van der Waals surface area contributed by atoms with E-state index in [0.717, 1.165) is 18.6 Å². The van der Waals surface area contributed by atoms with Crippen molar-refractivity contribution in [3.63, 3.8) is 0 Å². The molecule has 2 heterocycles. The van der Waals surface area contributed by atoms with Gasteiger partial charge in [0.2, 0.25) is 5.95 Å². The van der Waals surface area contributed by atoms with Crippen LogP contribution < -0.4 is 5.32 Å². The van der Waals surface area contributed by atoms with Gasteiger partial charge in [0, 0.05) is 11.8 Å². The number of hydrogen-bond donors (Lipinski definition) is 2. The van der Waals surface area contributed by atoms with Crippen LogP contribution in [-0.4, -0.2) is 40.8 Å². The normalized spacial score (nSPS) is 12.1. The minimum atomic E-state index is -3.73. The summed E-state index contributed by atoms with van der Waals surface area (Å²) < 4.78 is 29.2. The standard InChI is InChI=1S/C19H14ClN5O5S/c1-10-13(8-23-30-10)17(26)12(7-21)18(27)25-19-22-9-15(31(2,28)29)16(24-19)11-5-3-4-6-14(11)20/h3-6,8-9,26H,1-2H3,(H,22,24,25,27)/b17-12-. The number of carbonyl (C=O) groups excluding carboxylic acids is 1. The third kappa shape index (κ3) is 4.55. The number of nitrogens with one attached hydrogen (secondary N) is 1. The van der Waals surface area contributed by atoms with E-state index >= 15 is 0 Å². The van der Waals surface area contributed by atoms with Crippen LogP contribution >= 0.6 is 11.6 Å². The predicted octanol–water partition coefficient (Wildman–Crippen LogP) is 2.93. The summed E-state index contributed by atoms with van der Waals surface area (Å²) in [7, 11) is -3.73. The number of nitrogens with zero attached hydrogens (tertiary/aromatic N) is 4. The molecular weight excluding hydrogens is 446 g/mol. The first kappa shape index (κ1) is 21.9. The fourth-order valence-electron chi connectivity index (χ4n) is 2.58. The molecule has 1 amide bonds. The fraction of sp³-hybridized carbons (Fsp3) is 0.105. The number of aliphatic hydroxyl groups excluding tert-OH is 1. The minimum Gasteiger partial charge on any atom is -0.506 e. The largest absolute Gasteiger partial charge is 0.506 e. The third-order valence-electron chi connectivity index (χ3n) is 4.09. The number of hydrogen-bond acceptors (Lipinski definition) is 9. The summed E-state index contributed by atoms with van der Waals surface area (Å²) in [5, 5.41) is 25.6. The summed E-state index contributed by atoms with van der Waals surface area (Å²) in [6.45, 7) is 1.49. The lowest BCUT2D eigenvalue weighted by Crippen LogP contribution is -2.18. The van der Waals surface area contributed by atoms with Gasteiger partial charge in [-0.25, -0.2) is 18.4 Å². The van der Waals surface area contributed by atoms with Crippen LogP contribution in [0.4, 0.5) is 5.95 Å². The number of amides is 1. The number of aromatic nitrogens is 3. The van der Waals surface area contributed by atoms with Gasteiger partial charge in [0.05, 0.1) is 28.7 Å². The number of aliphatic hydroxyl groups is 1. The molecule has 31 heavy (non-hydrogen) atoms. The number of anilines is 1. The third-order valence-corrected chi connectivity index (χ3v) is 5.52. The lowest BCUT2D eigenvalue weighted by molar-refractivity contribution is -0.112. The van der Waals surface area contributed by atoms with Crippen LogP contribution in [-0.2, 0) is 14.6 Å².